The van der Waals surface area contributed by atoms with Crippen LogP contribution >= 0.6 is 15.6 Å². The van der Waals surface area contributed by atoms with Crippen molar-refractivity contribution in [2.24, 2.45) is 5.92 Å². The van der Waals surface area contributed by atoms with E-state index in [0.29, 0.717) is 25.7 Å². The summed E-state index contributed by atoms with van der Waals surface area (Å²) >= 11 is 0. The van der Waals surface area contributed by atoms with Gasteiger partial charge < -0.3 is 33.8 Å². The molecule has 0 amide bonds. The predicted octanol–water partition coefficient (Wildman–Crippen LogP) is 24.0. The summed E-state index contributed by atoms with van der Waals surface area (Å²) in [6.07, 6.45) is 67.5. The second kappa shape index (κ2) is 73.4. The first-order chi connectivity index (χ1) is 48.5. The average Bonchev–Trinajstić information content (AvgIpc) is 0.958. The van der Waals surface area contributed by atoms with E-state index in [9.17, 15) is 43.2 Å². The molecular weight excluding hydrogens is 1310 g/mol. The highest BCUT2D eigenvalue weighted by molar-refractivity contribution is 7.47. The van der Waals surface area contributed by atoms with Gasteiger partial charge in [-0.2, -0.15) is 0 Å². The molecule has 0 radical (unpaired) electrons. The molecular formula is C81H154O17P2. The van der Waals surface area contributed by atoms with Gasteiger partial charge in [-0.1, -0.05) is 354 Å². The Morgan fingerprint density at radius 3 is 0.820 bits per heavy atom. The highest BCUT2D eigenvalue weighted by atomic mass is 31.2. The van der Waals surface area contributed by atoms with Crippen molar-refractivity contribution < 1.29 is 80.2 Å². The van der Waals surface area contributed by atoms with E-state index in [0.717, 1.165) is 115 Å². The third-order valence-electron chi connectivity index (χ3n) is 18.4. The summed E-state index contributed by atoms with van der Waals surface area (Å²) in [5.74, 6) is -1.39. The minimum Gasteiger partial charge on any atom is -0.462 e. The number of unbranched alkanes of at least 4 members (excludes halogenated alkanes) is 48. The van der Waals surface area contributed by atoms with Crippen molar-refractivity contribution in [2.45, 2.75) is 425 Å². The monoisotopic (exact) mass is 1460 g/mol. The van der Waals surface area contributed by atoms with Crippen LogP contribution in [0.15, 0.2) is 24.3 Å². The van der Waals surface area contributed by atoms with E-state index in [1.165, 1.54) is 212 Å². The number of phosphoric acid groups is 2. The predicted molar refractivity (Wildman–Crippen MR) is 409 cm³/mol. The van der Waals surface area contributed by atoms with Crippen molar-refractivity contribution in [1.29, 1.82) is 0 Å². The largest absolute Gasteiger partial charge is 0.472 e. The maximum absolute atomic E-state index is 13.1. The maximum atomic E-state index is 13.1. The van der Waals surface area contributed by atoms with Gasteiger partial charge in [0.25, 0.3) is 0 Å². The first-order valence-corrected chi connectivity index (χ1v) is 44.4. The summed E-state index contributed by atoms with van der Waals surface area (Å²) in [6, 6.07) is 0. The van der Waals surface area contributed by atoms with Crippen molar-refractivity contribution in [1.82, 2.24) is 0 Å². The van der Waals surface area contributed by atoms with Crippen LogP contribution in [0.2, 0.25) is 0 Å². The van der Waals surface area contributed by atoms with Gasteiger partial charge in [0.2, 0.25) is 0 Å². The van der Waals surface area contributed by atoms with Crippen molar-refractivity contribution in [2.75, 3.05) is 39.6 Å². The zero-order valence-corrected chi connectivity index (χ0v) is 66.6. The second-order valence-electron chi connectivity index (χ2n) is 29.0. The van der Waals surface area contributed by atoms with Crippen molar-refractivity contribution in [3.05, 3.63) is 24.3 Å². The van der Waals surface area contributed by atoms with E-state index >= 15 is 0 Å². The molecule has 0 saturated heterocycles. The van der Waals surface area contributed by atoms with Gasteiger partial charge in [0.05, 0.1) is 26.4 Å². The lowest BCUT2D eigenvalue weighted by atomic mass is 10.0. The summed E-state index contributed by atoms with van der Waals surface area (Å²) in [7, 11) is -9.93. The van der Waals surface area contributed by atoms with E-state index in [2.05, 4.69) is 58.9 Å². The lowest BCUT2D eigenvalue weighted by Crippen LogP contribution is -2.30. The SMILES string of the molecule is CCCCCC/C=C\C=C/CCCCCCCC(=O)OC[C@H](COP(=O)(O)OC[C@@H](O)COP(=O)(O)OC[C@@H](COC(=O)CCCCCCCCCCCC)OC(=O)CCCCCCCCCCCCC(C)C)OC(=O)CCCCCCCCCCCCCCCCCCCCCCCC. The van der Waals surface area contributed by atoms with E-state index in [4.69, 9.17) is 37.0 Å². The number of rotatable bonds is 79. The van der Waals surface area contributed by atoms with Gasteiger partial charge in [-0.25, -0.2) is 9.13 Å². The number of allylic oxidation sites excluding steroid dienone is 4. The summed E-state index contributed by atoms with van der Waals surface area (Å²) in [5, 5.41) is 10.6. The number of hydrogen-bond donors (Lipinski definition) is 3. The molecule has 2 unspecified atom stereocenters. The van der Waals surface area contributed by atoms with Crippen LogP contribution in [0.5, 0.6) is 0 Å². The van der Waals surface area contributed by atoms with Crippen LogP contribution in [0.25, 0.3) is 0 Å². The van der Waals surface area contributed by atoms with E-state index in [1.807, 2.05) is 0 Å². The van der Waals surface area contributed by atoms with Gasteiger partial charge in [0.1, 0.15) is 19.3 Å². The molecule has 0 aliphatic heterocycles. The molecule has 0 spiro atoms. The van der Waals surface area contributed by atoms with Crippen LogP contribution in [0.4, 0.5) is 0 Å². The number of carbonyl (C=O) groups excluding carboxylic acids is 4. The fourth-order valence-corrected chi connectivity index (χ4v) is 13.6. The minimum atomic E-state index is -4.97. The summed E-state index contributed by atoms with van der Waals surface area (Å²) in [6.45, 7) is 7.23. The Labute approximate surface area is 612 Å². The number of phosphoric ester groups is 2. The molecule has 0 saturated carbocycles. The van der Waals surface area contributed by atoms with Crippen LogP contribution in [-0.4, -0.2) is 96.7 Å². The second-order valence-corrected chi connectivity index (χ2v) is 31.9. The van der Waals surface area contributed by atoms with E-state index < -0.39 is 97.5 Å². The Kier molecular flexibility index (Phi) is 71.6. The van der Waals surface area contributed by atoms with E-state index in [-0.39, 0.29) is 25.7 Å². The van der Waals surface area contributed by atoms with Gasteiger partial charge in [0, 0.05) is 25.7 Å². The lowest BCUT2D eigenvalue weighted by Gasteiger charge is -2.21. The van der Waals surface area contributed by atoms with Crippen molar-refractivity contribution >= 4 is 39.5 Å². The van der Waals surface area contributed by atoms with Gasteiger partial charge in [-0.3, -0.25) is 37.3 Å². The number of ether oxygens (including phenoxy) is 4. The van der Waals surface area contributed by atoms with Crippen molar-refractivity contribution in [3.8, 4) is 0 Å². The Balaban J connectivity index is 5.23. The van der Waals surface area contributed by atoms with Crippen molar-refractivity contribution in [3.63, 3.8) is 0 Å². The average molecular weight is 1460 g/mol. The molecule has 3 N–H and O–H groups in total. The standard InChI is InChI=1S/C81H154O17P2/c1-6-9-12-15-18-21-24-26-28-29-30-31-32-33-34-36-38-40-46-51-56-61-66-80(85)97-77(71-92-79(84)65-60-55-50-45-39-37-35-27-25-22-19-16-13-10-7-2)73-96-100(89,90)94-69-75(82)68-93-99(87,88)95-72-76(70-91-78(83)64-59-54-49-44-23-20-17-14-11-8-3)98-81(86)67-62-57-52-47-42-41-43-48-53-58-63-74(4)5/h22,25,27,35,74-77,82H,6-21,23-24,26,28-34,36-73H2,1-5H3,(H,87,88)(H,89,90)/b25-22-,35-27-/t75-,76+,77+/m0/s1. The van der Waals surface area contributed by atoms with Gasteiger partial charge in [-0.15, -0.1) is 0 Å². The molecule has 17 nitrogen and oxygen atoms in total. The van der Waals surface area contributed by atoms with Crippen LogP contribution in [0, 0.1) is 5.92 Å². The number of esters is 4. The molecule has 590 valence electrons. The molecule has 0 bridgehead atoms. The molecule has 5 atom stereocenters. The Hall–Kier alpha value is -2.46. The molecule has 0 aromatic rings. The number of hydrogen-bond acceptors (Lipinski definition) is 15. The minimum absolute atomic E-state index is 0.102. The zero-order valence-electron chi connectivity index (χ0n) is 64.8. The molecule has 0 aliphatic carbocycles. The molecule has 100 heavy (non-hydrogen) atoms. The number of aliphatic hydroxyl groups is 1. The first-order valence-electron chi connectivity index (χ1n) is 41.5. The summed E-state index contributed by atoms with van der Waals surface area (Å²) in [4.78, 5) is 72.9. The third kappa shape index (κ3) is 73.8. The van der Waals surface area contributed by atoms with Crippen LogP contribution in [0.3, 0.4) is 0 Å². The quantitative estimate of drug-likeness (QED) is 0.0169. The molecule has 19 heteroatoms. The lowest BCUT2D eigenvalue weighted by molar-refractivity contribution is -0.161. The molecule has 0 rings (SSSR count). The summed E-state index contributed by atoms with van der Waals surface area (Å²) in [5.41, 5.74) is 0. The molecule has 0 aromatic carbocycles. The Bertz CT molecular complexity index is 2000. The normalized spacial score (nSPS) is 14.0. The molecule has 0 aromatic heterocycles. The van der Waals surface area contributed by atoms with Crippen LogP contribution in [-0.2, 0) is 65.4 Å². The topological polar surface area (TPSA) is 237 Å². The fraction of sp³-hybridized carbons (Fsp3) is 0.901. The van der Waals surface area contributed by atoms with Crippen LogP contribution < -0.4 is 0 Å². The zero-order chi connectivity index (χ0) is 73.4. The van der Waals surface area contributed by atoms with E-state index in [1.54, 1.807) is 0 Å². The van der Waals surface area contributed by atoms with Crippen LogP contribution in [0.1, 0.15) is 407 Å². The molecule has 0 fully saturated rings. The Morgan fingerprint density at radius 2 is 0.540 bits per heavy atom. The highest BCUT2D eigenvalue weighted by Gasteiger charge is 2.30. The fourth-order valence-electron chi connectivity index (χ4n) is 12.0. The first kappa shape index (κ1) is 97.5. The maximum Gasteiger partial charge on any atom is 0.472 e. The smallest absolute Gasteiger partial charge is 0.462 e. The molecule has 0 aliphatic rings. The van der Waals surface area contributed by atoms with Gasteiger partial charge >= 0.3 is 39.5 Å². The van der Waals surface area contributed by atoms with Gasteiger partial charge in [-0.05, 0) is 57.3 Å². The highest BCUT2D eigenvalue weighted by Crippen LogP contribution is 2.45. The number of aliphatic hydroxyl groups excluding tert-OH is 1. The summed E-state index contributed by atoms with van der Waals surface area (Å²) < 4.78 is 68.6. The van der Waals surface area contributed by atoms with Gasteiger partial charge in [0.15, 0.2) is 12.2 Å². The Morgan fingerprint density at radius 1 is 0.310 bits per heavy atom. The number of carbonyl (C=O) groups is 4. The molecule has 0 heterocycles. The third-order valence-corrected chi connectivity index (χ3v) is 20.3.